The van der Waals surface area contributed by atoms with Gasteiger partial charge in [0, 0.05) is 45.0 Å². The molecule has 0 aliphatic carbocycles. The number of nitrogens with zero attached hydrogens (tertiary/aromatic N) is 3. The first-order chi connectivity index (χ1) is 10.5. The molecule has 5 heteroatoms. The van der Waals surface area contributed by atoms with Gasteiger partial charge >= 0.3 is 0 Å². The predicted octanol–water partition coefficient (Wildman–Crippen LogP) is 1.51. The smallest absolute Gasteiger partial charge is 0.298 e. The summed E-state index contributed by atoms with van der Waals surface area (Å²) in [5.74, 6) is 5.42. The van der Waals surface area contributed by atoms with Crippen molar-refractivity contribution in [1.82, 2.24) is 14.8 Å². The Morgan fingerprint density at radius 1 is 1.27 bits per heavy atom. The summed E-state index contributed by atoms with van der Waals surface area (Å²) >= 11 is 0. The zero-order chi connectivity index (χ0) is 16.1. The van der Waals surface area contributed by atoms with Crippen molar-refractivity contribution in [2.24, 2.45) is 0 Å². The highest BCUT2D eigenvalue weighted by Crippen LogP contribution is 2.26. The summed E-state index contributed by atoms with van der Waals surface area (Å²) in [4.78, 5) is 31.3. The molecule has 0 radical (unpaired) electrons. The van der Waals surface area contributed by atoms with Crippen LogP contribution in [0, 0.1) is 11.8 Å². The van der Waals surface area contributed by atoms with E-state index in [0.717, 1.165) is 18.5 Å². The van der Waals surface area contributed by atoms with Crippen LogP contribution < -0.4 is 0 Å². The molecule has 0 bridgehead atoms. The van der Waals surface area contributed by atoms with Crippen LogP contribution in [-0.2, 0) is 4.79 Å². The molecule has 1 aromatic heterocycles. The fraction of sp³-hybridized carbons (Fsp3) is 0.471. The monoisotopic (exact) mass is 299 g/mol. The summed E-state index contributed by atoms with van der Waals surface area (Å²) in [6.45, 7) is 3.08. The Balaban J connectivity index is 1.98. The third-order valence-electron chi connectivity index (χ3n) is 3.87. The summed E-state index contributed by atoms with van der Waals surface area (Å²) < 4.78 is 0. The van der Waals surface area contributed by atoms with Crippen molar-refractivity contribution in [3.8, 4) is 11.8 Å². The van der Waals surface area contributed by atoms with Gasteiger partial charge in [-0.15, -0.1) is 0 Å². The van der Waals surface area contributed by atoms with E-state index in [1.807, 2.05) is 12.1 Å². The van der Waals surface area contributed by atoms with Crippen LogP contribution in [0.15, 0.2) is 18.3 Å². The van der Waals surface area contributed by atoms with E-state index in [1.165, 1.54) is 4.90 Å². The van der Waals surface area contributed by atoms with Crippen LogP contribution in [0.5, 0.6) is 0 Å². The second-order valence-corrected chi connectivity index (χ2v) is 5.61. The average molecular weight is 299 g/mol. The highest BCUT2D eigenvalue weighted by Gasteiger charge is 2.24. The highest BCUT2D eigenvalue weighted by molar-refractivity contribution is 5.94. The summed E-state index contributed by atoms with van der Waals surface area (Å²) in [6, 6.07) is 3.75. The molecule has 0 spiro atoms. The number of carbonyl (C=O) groups is 2. The van der Waals surface area contributed by atoms with E-state index in [2.05, 4.69) is 16.8 Å². The van der Waals surface area contributed by atoms with Crippen LogP contribution in [0.3, 0.4) is 0 Å². The Morgan fingerprint density at radius 2 is 1.95 bits per heavy atom. The van der Waals surface area contributed by atoms with E-state index in [-0.39, 0.29) is 11.8 Å². The molecule has 2 amide bonds. The van der Waals surface area contributed by atoms with E-state index in [1.54, 1.807) is 32.1 Å². The van der Waals surface area contributed by atoms with Crippen LogP contribution in [0.2, 0.25) is 0 Å². The fourth-order valence-electron chi connectivity index (χ4n) is 2.60. The molecule has 1 fully saturated rings. The van der Waals surface area contributed by atoms with Crippen LogP contribution >= 0.6 is 0 Å². The minimum atomic E-state index is -0.0964. The van der Waals surface area contributed by atoms with Gasteiger partial charge in [-0.3, -0.25) is 14.6 Å². The van der Waals surface area contributed by atoms with E-state index >= 15 is 0 Å². The first-order valence-electron chi connectivity index (χ1n) is 7.42. The molecule has 0 N–H and O–H groups in total. The molecule has 1 aliphatic rings. The van der Waals surface area contributed by atoms with E-state index in [0.29, 0.717) is 24.6 Å². The van der Waals surface area contributed by atoms with Gasteiger partial charge in [-0.05, 0) is 37.8 Å². The predicted molar refractivity (Wildman–Crippen MR) is 84.3 cm³/mol. The molecule has 0 atom stereocenters. The van der Waals surface area contributed by atoms with Gasteiger partial charge in [0.25, 0.3) is 11.8 Å². The largest absolute Gasteiger partial charge is 0.345 e. The summed E-state index contributed by atoms with van der Waals surface area (Å²) in [6.07, 6.45) is 3.40. The Morgan fingerprint density at radius 3 is 2.45 bits per heavy atom. The quantitative estimate of drug-likeness (QED) is 0.778. The lowest BCUT2D eigenvalue weighted by Gasteiger charge is -2.30. The van der Waals surface area contributed by atoms with Crippen molar-refractivity contribution in [3.63, 3.8) is 0 Å². The summed E-state index contributed by atoms with van der Waals surface area (Å²) in [5.41, 5.74) is 1.59. The zero-order valence-electron chi connectivity index (χ0n) is 13.3. The van der Waals surface area contributed by atoms with Gasteiger partial charge in [-0.2, -0.15) is 0 Å². The Hall–Kier alpha value is -2.35. The van der Waals surface area contributed by atoms with Gasteiger partial charge < -0.3 is 9.80 Å². The van der Waals surface area contributed by atoms with Gasteiger partial charge in [0.15, 0.2) is 0 Å². The van der Waals surface area contributed by atoms with Crippen molar-refractivity contribution < 1.29 is 9.59 Å². The molecule has 1 saturated heterocycles. The lowest BCUT2D eigenvalue weighted by molar-refractivity contribution is -0.126. The van der Waals surface area contributed by atoms with Gasteiger partial charge in [-0.1, -0.05) is 5.92 Å². The third-order valence-corrected chi connectivity index (χ3v) is 3.87. The lowest BCUT2D eigenvalue weighted by atomic mass is 9.92. The van der Waals surface area contributed by atoms with Gasteiger partial charge in [0.05, 0.1) is 5.56 Å². The maximum Gasteiger partial charge on any atom is 0.298 e. The Kier molecular flexibility index (Phi) is 5.16. The van der Waals surface area contributed by atoms with E-state index in [4.69, 9.17) is 0 Å². The average Bonchev–Trinajstić information content (AvgIpc) is 2.54. The van der Waals surface area contributed by atoms with Gasteiger partial charge in [0.2, 0.25) is 0 Å². The minimum Gasteiger partial charge on any atom is -0.345 e. The highest BCUT2D eigenvalue weighted by atomic mass is 16.2. The molecular weight excluding hydrogens is 278 g/mol. The van der Waals surface area contributed by atoms with Crippen molar-refractivity contribution in [1.29, 1.82) is 0 Å². The summed E-state index contributed by atoms with van der Waals surface area (Å²) in [5, 5.41) is 0. The first kappa shape index (κ1) is 16.0. The minimum absolute atomic E-state index is 0.0439. The third kappa shape index (κ3) is 3.64. The molecule has 5 nitrogen and oxygen atoms in total. The molecule has 0 saturated carbocycles. The van der Waals surface area contributed by atoms with Crippen molar-refractivity contribution in [2.75, 3.05) is 27.2 Å². The fourth-order valence-corrected chi connectivity index (χ4v) is 2.60. The normalized spacial score (nSPS) is 15.0. The topological polar surface area (TPSA) is 53.5 Å². The second kappa shape index (κ2) is 7.08. The van der Waals surface area contributed by atoms with Crippen LogP contribution in [-0.4, -0.2) is 53.8 Å². The molecule has 1 aromatic rings. The van der Waals surface area contributed by atoms with Gasteiger partial charge in [0.1, 0.15) is 0 Å². The van der Waals surface area contributed by atoms with Crippen molar-refractivity contribution >= 4 is 11.8 Å². The number of likely N-dealkylation sites (tertiary alicyclic amines) is 1. The van der Waals surface area contributed by atoms with Crippen LogP contribution in [0.25, 0.3) is 0 Å². The first-order valence-corrected chi connectivity index (χ1v) is 7.42. The number of piperidine rings is 1. The maximum absolute atomic E-state index is 11.8. The molecule has 2 heterocycles. The van der Waals surface area contributed by atoms with Crippen LogP contribution in [0.4, 0.5) is 0 Å². The molecule has 22 heavy (non-hydrogen) atoms. The number of hydrogen-bond donors (Lipinski definition) is 0. The standard InChI is InChI=1S/C17H21N3O2/c1-4-5-16(21)20-10-8-13(9-11-20)15-7-6-14(12-18-15)17(22)19(2)3/h6-7,12-13H,8-11H2,1-3H3. The van der Waals surface area contributed by atoms with Gasteiger partial charge in [-0.25, -0.2) is 0 Å². The van der Waals surface area contributed by atoms with E-state index < -0.39 is 0 Å². The number of hydrogen-bond acceptors (Lipinski definition) is 3. The second-order valence-electron chi connectivity index (χ2n) is 5.61. The molecule has 1 aliphatic heterocycles. The summed E-state index contributed by atoms with van der Waals surface area (Å²) in [7, 11) is 3.45. The number of amides is 2. The van der Waals surface area contributed by atoms with Crippen molar-refractivity contribution in [3.05, 3.63) is 29.6 Å². The molecule has 0 aromatic carbocycles. The molecule has 0 unspecified atom stereocenters. The zero-order valence-corrected chi connectivity index (χ0v) is 13.3. The lowest BCUT2D eigenvalue weighted by Crippen LogP contribution is -2.37. The molecular formula is C17H21N3O2. The Bertz CT molecular complexity index is 603. The number of carbonyl (C=O) groups excluding carboxylic acids is 2. The van der Waals surface area contributed by atoms with E-state index in [9.17, 15) is 9.59 Å². The number of pyridine rings is 1. The number of aromatic nitrogens is 1. The van der Waals surface area contributed by atoms with Crippen LogP contribution in [0.1, 0.15) is 41.7 Å². The Labute approximate surface area is 131 Å². The SMILES string of the molecule is CC#CC(=O)N1CCC(c2ccc(C(=O)N(C)C)cn2)CC1. The van der Waals surface area contributed by atoms with Crippen molar-refractivity contribution in [2.45, 2.75) is 25.7 Å². The maximum atomic E-state index is 11.8. The molecule has 116 valence electrons. The molecule has 2 rings (SSSR count). The number of rotatable bonds is 2.